The van der Waals surface area contributed by atoms with Crippen molar-refractivity contribution in [3.8, 4) is 11.8 Å². The summed E-state index contributed by atoms with van der Waals surface area (Å²) in [5.41, 5.74) is -0.620. The molecule has 306 valence electrons. The predicted octanol–water partition coefficient (Wildman–Crippen LogP) is 7.23. The summed E-state index contributed by atoms with van der Waals surface area (Å²) < 4.78 is 29.2. The Labute approximate surface area is 344 Å². The number of rotatable bonds is 11. The molecule has 0 unspecified atom stereocenters. The number of nitrogens with one attached hydrogen (secondary N) is 2. The molecular formula is C43H44ClFN8O6. The van der Waals surface area contributed by atoms with Gasteiger partial charge in [-0.05, 0) is 101 Å². The van der Waals surface area contributed by atoms with Gasteiger partial charge in [-0.25, -0.2) is 23.3 Å². The maximum absolute atomic E-state index is 14.9. The normalized spacial score (nSPS) is 11.7. The number of nitrogens with zero attached hydrogens (tertiary/aromatic N) is 6. The Morgan fingerprint density at radius 3 is 2.37 bits per heavy atom. The largest absolute Gasteiger partial charge is 0.460 e. The fraction of sp³-hybridized carbons (Fsp3) is 0.326. The number of nitriles is 1. The van der Waals surface area contributed by atoms with Gasteiger partial charge in [-0.15, -0.1) is 0 Å². The second-order valence-corrected chi connectivity index (χ2v) is 16.4. The molecule has 1 amide bonds. The molecule has 0 saturated heterocycles. The zero-order valence-electron chi connectivity index (χ0n) is 33.8. The highest BCUT2D eigenvalue weighted by Gasteiger charge is 2.23. The monoisotopic (exact) mass is 822 g/mol. The third kappa shape index (κ3) is 9.78. The van der Waals surface area contributed by atoms with E-state index in [2.05, 4.69) is 20.7 Å². The molecule has 0 spiro atoms. The van der Waals surface area contributed by atoms with E-state index in [4.69, 9.17) is 21.1 Å². The molecule has 2 heterocycles. The number of benzene rings is 4. The number of halogens is 2. The highest BCUT2D eigenvalue weighted by atomic mass is 35.5. The van der Waals surface area contributed by atoms with Gasteiger partial charge < -0.3 is 20.1 Å². The van der Waals surface area contributed by atoms with Crippen molar-refractivity contribution < 1.29 is 23.5 Å². The second-order valence-electron chi connectivity index (χ2n) is 16.0. The van der Waals surface area contributed by atoms with Crippen molar-refractivity contribution in [2.45, 2.75) is 78.6 Å². The van der Waals surface area contributed by atoms with E-state index in [0.717, 1.165) is 10.6 Å². The fourth-order valence-corrected chi connectivity index (χ4v) is 6.99. The summed E-state index contributed by atoms with van der Waals surface area (Å²) in [4.78, 5) is 58.8. The third-order valence-corrected chi connectivity index (χ3v) is 9.36. The van der Waals surface area contributed by atoms with Crippen LogP contribution in [0.15, 0.2) is 76.4 Å². The number of alkyl carbamates (subject to hydrolysis) is 1. The van der Waals surface area contributed by atoms with Gasteiger partial charge in [0, 0.05) is 37.0 Å². The minimum atomic E-state index is -0.924. The number of carbonyl (C=O) groups excluding carboxylic acids is 2. The predicted molar refractivity (Wildman–Crippen MR) is 223 cm³/mol. The van der Waals surface area contributed by atoms with Crippen LogP contribution in [0.3, 0.4) is 0 Å². The Bertz CT molecular complexity index is 2770. The van der Waals surface area contributed by atoms with Crippen molar-refractivity contribution in [3.63, 3.8) is 0 Å². The van der Waals surface area contributed by atoms with Crippen LogP contribution in [0.2, 0.25) is 5.02 Å². The van der Waals surface area contributed by atoms with Crippen LogP contribution in [0, 0.1) is 17.1 Å². The van der Waals surface area contributed by atoms with Crippen LogP contribution in [0.4, 0.5) is 20.8 Å². The van der Waals surface area contributed by atoms with Gasteiger partial charge in [0.1, 0.15) is 23.1 Å². The molecule has 2 aromatic heterocycles. The van der Waals surface area contributed by atoms with E-state index in [1.807, 2.05) is 30.3 Å². The molecule has 0 radical (unpaired) electrons. The molecule has 14 nitrogen and oxygen atoms in total. The quantitative estimate of drug-likeness (QED) is 0.127. The van der Waals surface area contributed by atoms with Crippen LogP contribution in [-0.2, 0) is 40.7 Å². The molecule has 0 aliphatic rings. The van der Waals surface area contributed by atoms with Gasteiger partial charge in [0.15, 0.2) is 0 Å². The minimum absolute atomic E-state index is 0.0500. The number of aromatic nitrogens is 5. The lowest BCUT2D eigenvalue weighted by Crippen LogP contribution is -2.42. The molecule has 0 fully saturated rings. The van der Waals surface area contributed by atoms with E-state index in [0.29, 0.717) is 44.1 Å². The number of fused-ring (bicyclic) bond motifs is 2. The Morgan fingerprint density at radius 2 is 1.68 bits per heavy atom. The van der Waals surface area contributed by atoms with Crippen LogP contribution in [0.25, 0.3) is 27.4 Å². The van der Waals surface area contributed by atoms with E-state index < -0.39 is 40.5 Å². The first-order valence-corrected chi connectivity index (χ1v) is 19.2. The first-order valence-electron chi connectivity index (χ1n) is 18.9. The Morgan fingerprint density at radius 1 is 0.966 bits per heavy atom. The minimum Gasteiger partial charge on any atom is -0.460 e. The van der Waals surface area contributed by atoms with E-state index in [1.54, 1.807) is 77.7 Å². The lowest BCUT2D eigenvalue weighted by molar-refractivity contribution is -0.154. The van der Waals surface area contributed by atoms with Crippen molar-refractivity contribution in [2.75, 3.05) is 11.9 Å². The Balaban J connectivity index is 1.50. The first-order chi connectivity index (χ1) is 27.8. The zero-order chi connectivity index (χ0) is 42.8. The van der Waals surface area contributed by atoms with Gasteiger partial charge in [-0.2, -0.15) is 15.3 Å². The van der Waals surface area contributed by atoms with E-state index >= 15 is 0 Å². The standard InChI is InChI=1S/C43H44ClFN8O6/c1-42(2,3)58-35(54)17-15-27-11-8-10-26-12-9-13-34(36(26)27)53-39(55)49-38(52(41(53)57)23-25-14-16-32(45)28(20-25)22-46)48-37-29(18-19-47-40(56)59-43(4,5)6)30-24-51(7)50-33(30)21-31(37)44/h8-14,16,20-21,24H,15,17-19,23H2,1-7H3,(H,47,56)(H,48,49,55). The molecule has 16 heteroatoms. The molecule has 0 atom stereocenters. The SMILES string of the molecule is Cn1cc2c(CCNC(=O)OC(C)(C)C)c(Nc3nc(=O)n(-c4cccc5cccc(CCC(=O)OC(C)(C)C)c45)c(=O)n3Cc3ccc(F)c(C#N)c3)c(Cl)cc2n1. The number of aryl methyl sites for hydroxylation is 2. The lowest BCUT2D eigenvalue weighted by atomic mass is 9.99. The van der Waals surface area contributed by atoms with E-state index in [9.17, 15) is 28.8 Å². The summed E-state index contributed by atoms with van der Waals surface area (Å²) in [6.07, 6.45) is 1.69. The van der Waals surface area contributed by atoms with E-state index in [1.165, 1.54) is 16.7 Å². The average Bonchev–Trinajstić information content (AvgIpc) is 3.51. The maximum atomic E-state index is 14.9. The smallest absolute Gasteiger partial charge is 0.407 e. The number of ether oxygens (including phenoxy) is 2. The Hall–Kier alpha value is -6.53. The first kappa shape index (κ1) is 42.1. The average molecular weight is 823 g/mol. The number of amides is 1. The van der Waals surface area contributed by atoms with Crippen LogP contribution in [-0.4, -0.2) is 53.7 Å². The van der Waals surface area contributed by atoms with Gasteiger partial charge in [0.05, 0.1) is 34.0 Å². The molecule has 4 aromatic carbocycles. The summed E-state index contributed by atoms with van der Waals surface area (Å²) in [6.45, 7) is 10.5. The van der Waals surface area contributed by atoms with Crippen molar-refractivity contribution in [1.82, 2.24) is 29.2 Å². The topological polar surface area (TPSA) is 175 Å². The number of carbonyl (C=O) groups is 2. The molecule has 0 saturated carbocycles. The molecule has 0 aliphatic carbocycles. The molecular weight excluding hydrogens is 779 g/mol. The van der Waals surface area contributed by atoms with Crippen molar-refractivity contribution in [3.05, 3.63) is 121 Å². The van der Waals surface area contributed by atoms with Gasteiger partial charge >= 0.3 is 23.4 Å². The number of esters is 1. The fourth-order valence-electron chi connectivity index (χ4n) is 6.72. The van der Waals surface area contributed by atoms with Crippen LogP contribution < -0.4 is 22.0 Å². The van der Waals surface area contributed by atoms with Crippen molar-refractivity contribution >= 4 is 57.0 Å². The molecule has 6 aromatic rings. The number of anilines is 2. The number of hydrogen-bond donors (Lipinski definition) is 2. The summed E-state index contributed by atoms with van der Waals surface area (Å²) >= 11 is 6.91. The third-order valence-electron chi connectivity index (χ3n) is 9.06. The Kier molecular flexibility index (Phi) is 11.9. The van der Waals surface area contributed by atoms with Crippen LogP contribution >= 0.6 is 11.6 Å². The second kappa shape index (κ2) is 16.8. The molecule has 0 bridgehead atoms. The van der Waals surface area contributed by atoms with Gasteiger partial charge in [0.2, 0.25) is 5.95 Å². The summed E-state index contributed by atoms with van der Waals surface area (Å²) in [5, 5.41) is 22.1. The van der Waals surface area contributed by atoms with E-state index in [-0.39, 0.29) is 54.6 Å². The molecule has 59 heavy (non-hydrogen) atoms. The van der Waals surface area contributed by atoms with Gasteiger partial charge in [0.25, 0.3) is 0 Å². The van der Waals surface area contributed by atoms with Gasteiger partial charge in [-0.3, -0.25) is 14.0 Å². The summed E-state index contributed by atoms with van der Waals surface area (Å²) in [5.74, 6) is -1.33. The summed E-state index contributed by atoms with van der Waals surface area (Å²) in [6, 6.07) is 18.0. The highest BCUT2D eigenvalue weighted by Crippen LogP contribution is 2.35. The zero-order valence-corrected chi connectivity index (χ0v) is 34.5. The highest BCUT2D eigenvalue weighted by molar-refractivity contribution is 6.34. The van der Waals surface area contributed by atoms with Gasteiger partial charge in [-0.1, -0.05) is 48.0 Å². The van der Waals surface area contributed by atoms with Crippen molar-refractivity contribution in [1.29, 1.82) is 5.26 Å². The molecule has 0 aliphatic heterocycles. The maximum Gasteiger partial charge on any atom is 0.407 e. The van der Waals surface area contributed by atoms with Crippen molar-refractivity contribution in [2.24, 2.45) is 7.05 Å². The van der Waals surface area contributed by atoms with Crippen LogP contribution in [0.5, 0.6) is 0 Å². The summed E-state index contributed by atoms with van der Waals surface area (Å²) in [7, 11) is 1.75. The van der Waals surface area contributed by atoms with Crippen LogP contribution in [0.1, 0.15) is 70.2 Å². The lowest BCUT2D eigenvalue weighted by Gasteiger charge is -2.21. The molecule has 2 N–H and O–H groups in total. The molecule has 6 rings (SSSR count). The number of hydrogen-bond acceptors (Lipinski definition) is 10.